The van der Waals surface area contributed by atoms with Crippen LogP contribution in [0.15, 0.2) is 59.1 Å². The van der Waals surface area contributed by atoms with Gasteiger partial charge in [0, 0.05) is 11.6 Å². The van der Waals surface area contributed by atoms with Gasteiger partial charge in [0.1, 0.15) is 11.5 Å². The molecule has 0 radical (unpaired) electrons. The third kappa shape index (κ3) is 3.77. The highest BCUT2D eigenvalue weighted by Crippen LogP contribution is 2.23. The van der Waals surface area contributed by atoms with Crippen LogP contribution in [-0.2, 0) is 11.3 Å². The van der Waals surface area contributed by atoms with E-state index in [2.05, 4.69) is 15.2 Å². The Labute approximate surface area is 148 Å². The van der Waals surface area contributed by atoms with Gasteiger partial charge in [0.05, 0.1) is 24.8 Å². The predicted octanol–water partition coefficient (Wildman–Crippen LogP) is 3.20. The summed E-state index contributed by atoms with van der Waals surface area (Å²) in [5.41, 5.74) is 1.50. The van der Waals surface area contributed by atoms with Gasteiger partial charge < -0.3 is 14.6 Å². The van der Waals surface area contributed by atoms with Crippen molar-refractivity contribution < 1.29 is 23.2 Å². The zero-order chi connectivity index (χ0) is 18.5. The molecule has 0 saturated carbocycles. The van der Waals surface area contributed by atoms with E-state index in [-0.39, 0.29) is 18.2 Å². The van der Waals surface area contributed by atoms with Crippen LogP contribution < -0.4 is 5.32 Å². The summed E-state index contributed by atoms with van der Waals surface area (Å²) in [6.07, 6.45) is 0. The van der Waals surface area contributed by atoms with Crippen LogP contribution in [-0.4, -0.2) is 24.1 Å². The average Bonchev–Trinajstić information content (AvgIpc) is 3.14. The molecular formula is C19H15FN2O4. The molecule has 1 amide bonds. The maximum Gasteiger partial charge on any atom is 0.337 e. The molecule has 132 valence electrons. The largest absolute Gasteiger partial charge is 0.465 e. The molecule has 0 saturated heterocycles. The van der Waals surface area contributed by atoms with E-state index in [0.29, 0.717) is 22.4 Å². The summed E-state index contributed by atoms with van der Waals surface area (Å²) in [6, 6.07) is 13.8. The summed E-state index contributed by atoms with van der Waals surface area (Å²) in [7, 11) is 1.29. The number of carbonyl (C=O) groups is 2. The van der Waals surface area contributed by atoms with Gasteiger partial charge in [-0.1, -0.05) is 17.3 Å². The fourth-order valence-electron chi connectivity index (χ4n) is 2.33. The smallest absolute Gasteiger partial charge is 0.337 e. The number of methoxy groups -OCH3 is 1. The van der Waals surface area contributed by atoms with Crippen molar-refractivity contribution in [1.29, 1.82) is 0 Å². The molecule has 0 fully saturated rings. The molecule has 7 heteroatoms. The third-order valence-electron chi connectivity index (χ3n) is 3.70. The van der Waals surface area contributed by atoms with Crippen LogP contribution in [0.3, 0.4) is 0 Å². The molecule has 1 heterocycles. The van der Waals surface area contributed by atoms with Crippen LogP contribution >= 0.6 is 0 Å². The molecule has 0 aliphatic rings. The fraction of sp³-hybridized carbons (Fsp3) is 0.105. The summed E-state index contributed by atoms with van der Waals surface area (Å²) in [5, 5.41) is 6.52. The number of benzene rings is 2. The Hall–Kier alpha value is -3.48. The second-order valence-electron chi connectivity index (χ2n) is 5.41. The number of amides is 1. The molecule has 6 nitrogen and oxygen atoms in total. The van der Waals surface area contributed by atoms with Gasteiger partial charge in [-0.05, 0) is 36.4 Å². The fourth-order valence-corrected chi connectivity index (χ4v) is 2.33. The van der Waals surface area contributed by atoms with Gasteiger partial charge in [-0.2, -0.15) is 0 Å². The zero-order valence-electron chi connectivity index (χ0n) is 13.9. The highest BCUT2D eigenvalue weighted by Gasteiger charge is 2.13. The van der Waals surface area contributed by atoms with Crippen LogP contribution in [0, 0.1) is 5.82 Å². The van der Waals surface area contributed by atoms with E-state index in [1.807, 2.05) is 0 Å². The number of hydrogen-bond donors (Lipinski definition) is 1. The summed E-state index contributed by atoms with van der Waals surface area (Å²) in [4.78, 5) is 23.5. The predicted molar refractivity (Wildman–Crippen MR) is 90.8 cm³/mol. The van der Waals surface area contributed by atoms with Crippen molar-refractivity contribution in [3.8, 4) is 11.3 Å². The molecule has 1 aromatic heterocycles. The van der Waals surface area contributed by atoms with Crippen molar-refractivity contribution in [3.63, 3.8) is 0 Å². The minimum atomic E-state index is -0.472. The lowest BCUT2D eigenvalue weighted by molar-refractivity contribution is 0.0600. The number of nitrogens with zero attached hydrogens (tertiary/aromatic N) is 1. The van der Waals surface area contributed by atoms with Gasteiger partial charge in [0.2, 0.25) is 0 Å². The Morgan fingerprint density at radius 2 is 1.81 bits per heavy atom. The number of ether oxygens (including phenoxy) is 1. The second-order valence-corrected chi connectivity index (χ2v) is 5.41. The van der Waals surface area contributed by atoms with Gasteiger partial charge in [-0.15, -0.1) is 0 Å². The first kappa shape index (κ1) is 17.3. The van der Waals surface area contributed by atoms with E-state index in [1.54, 1.807) is 24.3 Å². The molecule has 1 N–H and O–H groups in total. The Kier molecular flexibility index (Phi) is 5.07. The summed E-state index contributed by atoms with van der Waals surface area (Å²) in [6.45, 7) is 0.121. The molecule has 0 spiro atoms. The van der Waals surface area contributed by atoms with Crippen LogP contribution in [0.1, 0.15) is 26.4 Å². The zero-order valence-corrected chi connectivity index (χ0v) is 13.9. The second kappa shape index (κ2) is 7.60. The van der Waals surface area contributed by atoms with Crippen molar-refractivity contribution in [3.05, 3.63) is 77.2 Å². The van der Waals surface area contributed by atoms with Crippen LogP contribution in [0.2, 0.25) is 0 Å². The quantitative estimate of drug-likeness (QED) is 0.712. The van der Waals surface area contributed by atoms with Crippen molar-refractivity contribution in [2.24, 2.45) is 0 Å². The molecule has 0 atom stereocenters. The van der Waals surface area contributed by atoms with E-state index in [0.717, 1.165) is 0 Å². The minimum absolute atomic E-state index is 0.121. The molecule has 26 heavy (non-hydrogen) atoms. The van der Waals surface area contributed by atoms with Gasteiger partial charge in [-0.3, -0.25) is 4.79 Å². The van der Waals surface area contributed by atoms with Crippen molar-refractivity contribution in [2.75, 3.05) is 7.11 Å². The molecule has 0 aliphatic heterocycles. The average molecular weight is 354 g/mol. The van der Waals surface area contributed by atoms with E-state index >= 15 is 0 Å². The van der Waals surface area contributed by atoms with Gasteiger partial charge in [0.25, 0.3) is 5.91 Å². The topological polar surface area (TPSA) is 81.4 Å². The SMILES string of the molecule is COC(=O)c1ccc(C(=O)NCc2cc(-c3ccccc3F)on2)cc1. The van der Waals surface area contributed by atoms with Crippen molar-refractivity contribution >= 4 is 11.9 Å². The first-order chi connectivity index (χ1) is 12.6. The molecule has 3 rings (SSSR count). The number of halogens is 1. The molecule has 0 aliphatic carbocycles. The first-order valence-corrected chi connectivity index (χ1v) is 7.75. The standard InChI is InChI=1S/C19H15FN2O4/c1-25-19(24)13-8-6-12(7-9-13)18(23)21-11-14-10-17(26-22-14)15-4-2-3-5-16(15)20/h2-10H,11H2,1H3,(H,21,23). The summed E-state index contributed by atoms with van der Waals surface area (Å²) in [5.74, 6) is -0.934. The molecular weight excluding hydrogens is 339 g/mol. The lowest BCUT2D eigenvalue weighted by Gasteiger charge is -2.04. The lowest BCUT2D eigenvalue weighted by atomic mass is 10.1. The number of rotatable bonds is 5. The maximum absolute atomic E-state index is 13.7. The summed E-state index contributed by atoms with van der Waals surface area (Å²) < 4.78 is 23.5. The Balaban J connectivity index is 1.63. The molecule has 3 aromatic rings. The van der Waals surface area contributed by atoms with Crippen LogP contribution in [0.4, 0.5) is 4.39 Å². The minimum Gasteiger partial charge on any atom is -0.465 e. The maximum atomic E-state index is 13.7. The summed E-state index contributed by atoms with van der Waals surface area (Å²) >= 11 is 0. The van der Waals surface area contributed by atoms with E-state index in [1.165, 1.54) is 37.4 Å². The number of nitrogens with one attached hydrogen (secondary N) is 1. The van der Waals surface area contributed by atoms with Crippen molar-refractivity contribution in [2.45, 2.75) is 6.54 Å². The number of carbonyl (C=O) groups excluding carboxylic acids is 2. The van der Waals surface area contributed by atoms with Crippen LogP contribution in [0.25, 0.3) is 11.3 Å². The van der Waals surface area contributed by atoms with E-state index < -0.39 is 11.8 Å². The number of aromatic nitrogens is 1. The van der Waals surface area contributed by atoms with Gasteiger partial charge in [-0.25, -0.2) is 9.18 Å². The van der Waals surface area contributed by atoms with Gasteiger partial charge in [0.15, 0.2) is 5.76 Å². The first-order valence-electron chi connectivity index (χ1n) is 7.75. The monoisotopic (exact) mass is 354 g/mol. The molecule has 0 unspecified atom stereocenters. The normalized spacial score (nSPS) is 10.4. The van der Waals surface area contributed by atoms with E-state index in [9.17, 15) is 14.0 Å². The molecule has 0 bridgehead atoms. The van der Waals surface area contributed by atoms with Gasteiger partial charge >= 0.3 is 5.97 Å². The van der Waals surface area contributed by atoms with Crippen molar-refractivity contribution in [1.82, 2.24) is 10.5 Å². The third-order valence-corrected chi connectivity index (χ3v) is 3.70. The Bertz CT molecular complexity index is 935. The highest BCUT2D eigenvalue weighted by atomic mass is 19.1. The Morgan fingerprint density at radius 1 is 1.12 bits per heavy atom. The van der Waals surface area contributed by atoms with E-state index in [4.69, 9.17) is 4.52 Å². The van der Waals surface area contributed by atoms with Crippen LogP contribution in [0.5, 0.6) is 0 Å². The number of hydrogen-bond acceptors (Lipinski definition) is 5. The lowest BCUT2D eigenvalue weighted by Crippen LogP contribution is -2.23. The molecule has 2 aromatic carbocycles. The Morgan fingerprint density at radius 3 is 2.50 bits per heavy atom. The highest BCUT2D eigenvalue weighted by molar-refractivity contribution is 5.96. The number of esters is 1.